The molecule has 7 rings (SSSR count). The molecule has 3 unspecified atom stereocenters. The molecule has 2 aromatic carbocycles. The zero-order valence-corrected chi connectivity index (χ0v) is 28.0. The van der Waals surface area contributed by atoms with Gasteiger partial charge in [-0.2, -0.15) is 15.2 Å². The van der Waals surface area contributed by atoms with Crippen molar-refractivity contribution in [2.45, 2.75) is 63.5 Å². The first kappa shape index (κ1) is 32.7. The molecule has 2 amide bonds. The number of likely N-dealkylation sites (N-methyl/N-ethyl adjacent to an activating group) is 1. The largest absolute Gasteiger partial charge is 0.462 e. The van der Waals surface area contributed by atoms with Crippen LogP contribution in [-0.2, 0) is 30.5 Å². The highest BCUT2D eigenvalue weighted by molar-refractivity contribution is 6.04. The van der Waals surface area contributed by atoms with Gasteiger partial charge in [-0.15, -0.1) is 0 Å². The number of carbonyl (C=O) groups excluding carboxylic acids is 2. The number of nitrogens with one attached hydrogen (secondary N) is 1. The monoisotopic (exact) mass is 663 g/mol. The van der Waals surface area contributed by atoms with Gasteiger partial charge in [0.15, 0.2) is 5.83 Å². The first-order valence-electron chi connectivity index (χ1n) is 17.2. The molecule has 0 saturated carbocycles. The second kappa shape index (κ2) is 13.6. The number of carbonyl (C=O) groups is 2. The Hall–Kier alpha value is -4.82. The van der Waals surface area contributed by atoms with Gasteiger partial charge in [0.1, 0.15) is 12.4 Å². The molecule has 10 nitrogen and oxygen atoms in total. The number of rotatable bonds is 8. The molecule has 2 fully saturated rings. The van der Waals surface area contributed by atoms with Gasteiger partial charge in [0, 0.05) is 42.5 Å². The third-order valence-corrected chi connectivity index (χ3v) is 10.8. The normalized spacial score (nSPS) is 23.1. The number of fused-ring (bicyclic) bond motifs is 2. The summed E-state index contributed by atoms with van der Waals surface area (Å²) in [6.45, 7) is 5.79. The highest BCUT2D eigenvalue weighted by Gasteiger charge is 2.43. The number of likely N-dealkylation sites (tertiary alicyclic amines) is 1. The summed E-state index contributed by atoms with van der Waals surface area (Å²) in [6, 6.07) is 17.8. The van der Waals surface area contributed by atoms with Gasteiger partial charge in [0.2, 0.25) is 0 Å². The number of amides is 2. The van der Waals surface area contributed by atoms with Crippen LogP contribution in [0.15, 0.2) is 60.9 Å². The van der Waals surface area contributed by atoms with Crippen molar-refractivity contribution >= 4 is 23.3 Å². The molecule has 2 aliphatic carbocycles. The predicted octanol–water partition coefficient (Wildman–Crippen LogP) is 4.89. The fourth-order valence-corrected chi connectivity index (χ4v) is 8.17. The summed E-state index contributed by atoms with van der Waals surface area (Å²) in [5, 5.41) is 12.6. The number of ether oxygens (including phenoxy) is 1. The average Bonchev–Trinajstić information content (AvgIpc) is 3.68. The molecule has 0 bridgehead atoms. The lowest BCUT2D eigenvalue weighted by Gasteiger charge is -2.42. The molecule has 254 valence electrons. The number of anilines is 2. The number of benzene rings is 2. The smallest absolute Gasteiger partial charge is 0.318 e. The highest BCUT2D eigenvalue weighted by atomic mass is 19.1. The van der Waals surface area contributed by atoms with Crippen LogP contribution >= 0.6 is 0 Å². The first-order valence-corrected chi connectivity index (χ1v) is 17.2. The summed E-state index contributed by atoms with van der Waals surface area (Å²) in [5.74, 6) is -1.13. The number of hydrogen-bond acceptors (Lipinski definition) is 8. The lowest BCUT2D eigenvalue weighted by atomic mass is 9.71. The lowest BCUT2D eigenvalue weighted by molar-refractivity contribution is -0.131. The molecule has 4 aliphatic rings. The van der Waals surface area contributed by atoms with Gasteiger partial charge in [-0.3, -0.25) is 9.59 Å². The van der Waals surface area contributed by atoms with E-state index in [1.54, 1.807) is 0 Å². The third-order valence-electron chi connectivity index (χ3n) is 10.8. The Balaban J connectivity index is 1.15. The number of nitriles is 1. The molecule has 2 saturated heterocycles. The third kappa shape index (κ3) is 6.75. The van der Waals surface area contributed by atoms with Gasteiger partial charge in [-0.1, -0.05) is 30.8 Å². The minimum absolute atomic E-state index is 0.0334. The lowest BCUT2D eigenvalue weighted by Crippen LogP contribution is -2.55. The fraction of sp³-hybridized carbons (Fsp3) is 0.447. The van der Waals surface area contributed by atoms with E-state index < -0.39 is 17.8 Å². The molecule has 49 heavy (non-hydrogen) atoms. The van der Waals surface area contributed by atoms with Gasteiger partial charge in [-0.25, -0.2) is 4.39 Å². The van der Waals surface area contributed by atoms with Crippen LogP contribution in [-0.4, -0.2) is 83.5 Å². The van der Waals surface area contributed by atoms with Gasteiger partial charge >= 0.3 is 6.01 Å². The Kier molecular flexibility index (Phi) is 9.07. The summed E-state index contributed by atoms with van der Waals surface area (Å²) < 4.78 is 20.2. The maximum atomic E-state index is 13.9. The van der Waals surface area contributed by atoms with Crippen LogP contribution in [0, 0.1) is 16.7 Å². The molecule has 1 aromatic heterocycles. The van der Waals surface area contributed by atoms with E-state index in [0.29, 0.717) is 37.3 Å². The SMILES string of the molecule is C=C(F)C(=O)N1CCN(c2nc(OCC3CCCN3C)nc3c2CCC2(Cc4ccc(C(=O)Nc5ccccc5)cc4C2)C3)CC1CC#N. The van der Waals surface area contributed by atoms with Crippen LogP contribution < -0.4 is 15.0 Å². The summed E-state index contributed by atoms with van der Waals surface area (Å²) >= 11 is 0. The summed E-state index contributed by atoms with van der Waals surface area (Å²) in [4.78, 5) is 41.5. The summed E-state index contributed by atoms with van der Waals surface area (Å²) in [7, 11) is 2.11. The second-order valence-electron chi connectivity index (χ2n) is 14.0. The maximum Gasteiger partial charge on any atom is 0.318 e. The molecule has 3 aromatic rings. The number of para-hydroxylation sites is 1. The van der Waals surface area contributed by atoms with E-state index in [1.165, 1.54) is 16.0 Å². The van der Waals surface area contributed by atoms with Gasteiger partial charge < -0.3 is 24.8 Å². The van der Waals surface area contributed by atoms with E-state index in [0.717, 1.165) is 74.3 Å². The number of aromatic nitrogens is 2. The number of halogens is 1. The number of hydrogen-bond donors (Lipinski definition) is 1. The van der Waals surface area contributed by atoms with Crippen molar-refractivity contribution in [3.8, 4) is 12.1 Å². The van der Waals surface area contributed by atoms with Gasteiger partial charge in [-0.05, 0) is 99.3 Å². The topological polar surface area (TPSA) is 115 Å². The molecule has 2 aliphatic heterocycles. The predicted molar refractivity (Wildman–Crippen MR) is 184 cm³/mol. The van der Waals surface area contributed by atoms with E-state index in [4.69, 9.17) is 14.7 Å². The van der Waals surface area contributed by atoms with Crippen LogP contribution in [0.1, 0.15) is 58.4 Å². The van der Waals surface area contributed by atoms with Crippen molar-refractivity contribution in [2.75, 3.05) is 50.1 Å². The zero-order valence-electron chi connectivity index (χ0n) is 28.0. The van der Waals surface area contributed by atoms with E-state index in [-0.39, 0.29) is 24.3 Å². The quantitative estimate of drug-likeness (QED) is 0.339. The number of nitrogens with zero attached hydrogens (tertiary/aromatic N) is 6. The standard InChI is InChI=1S/C38H42FN7O3/c1-25(39)36(48)46-18-17-45(23-30(46)13-15-40)34-32-12-14-38(22-33(32)42-37(43-34)49-24-31-9-6-16-44(31)2)20-27-11-10-26(19-28(27)21-38)35(47)41-29-7-4-3-5-8-29/h3-5,7-8,10-11,19,30-31H,1,6,9,12-14,16-18,20-24H2,2H3,(H,41,47). The van der Waals surface area contributed by atoms with Crippen LogP contribution in [0.2, 0.25) is 0 Å². The Bertz CT molecular complexity index is 1810. The van der Waals surface area contributed by atoms with E-state index in [2.05, 4.69) is 40.9 Å². The average molecular weight is 664 g/mol. The minimum Gasteiger partial charge on any atom is -0.462 e. The Morgan fingerprint density at radius 3 is 2.65 bits per heavy atom. The minimum atomic E-state index is -1.02. The Labute approximate surface area is 286 Å². The molecule has 1 N–H and O–H groups in total. The summed E-state index contributed by atoms with van der Waals surface area (Å²) in [6.07, 6.45) is 6.49. The maximum absolute atomic E-state index is 13.9. The van der Waals surface area contributed by atoms with Crippen LogP contribution in [0.3, 0.4) is 0 Å². The van der Waals surface area contributed by atoms with Crippen molar-refractivity contribution in [1.82, 2.24) is 19.8 Å². The zero-order chi connectivity index (χ0) is 34.1. The molecule has 11 heteroatoms. The molecular formula is C38H42FN7O3. The van der Waals surface area contributed by atoms with E-state index in [9.17, 15) is 19.2 Å². The van der Waals surface area contributed by atoms with Crippen LogP contribution in [0.4, 0.5) is 15.9 Å². The molecule has 3 atom stereocenters. The molecular weight excluding hydrogens is 621 g/mol. The van der Waals surface area contributed by atoms with Crippen molar-refractivity contribution < 1.29 is 18.7 Å². The second-order valence-corrected chi connectivity index (χ2v) is 14.0. The molecule has 3 heterocycles. The van der Waals surface area contributed by atoms with Crippen molar-refractivity contribution in [3.63, 3.8) is 0 Å². The van der Waals surface area contributed by atoms with Crippen LogP contribution in [0.25, 0.3) is 0 Å². The Morgan fingerprint density at radius 1 is 1.08 bits per heavy atom. The van der Waals surface area contributed by atoms with Crippen LogP contribution in [0.5, 0.6) is 6.01 Å². The van der Waals surface area contributed by atoms with E-state index >= 15 is 0 Å². The first-order chi connectivity index (χ1) is 23.7. The fourth-order valence-electron chi connectivity index (χ4n) is 8.17. The molecule has 1 spiro atoms. The summed E-state index contributed by atoms with van der Waals surface area (Å²) in [5.41, 5.74) is 5.89. The van der Waals surface area contributed by atoms with Gasteiger partial charge in [0.25, 0.3) is 11.8 Å². The van der Waals surface area contributed by atoms with Gasteiger partial charge in [0.05, 0.1) is 24.2 Å². The highest BCUT2D eigenvalue weighted by Crippen LogP contribution is 2.48. The van der Waals surface area contributed by atoms with Crippen molar-refractivity contribution in [2.24, 2.45) is 5.41 Å². The van der Waals surface area contributed by atoms with Crippen molar-refractivity contribution in [3.05, 3.63) is 88.9 Å². The molecule has 0 radical (unpaired) electrons. The van der Waals surface area contributed by atoms with Crippen molar-refractivity contribution in [1.29, 1.82) is 5.26 Å². The van der Waals surface area contributed by atoms with E-state index in [1.807, 2.05) is 42.5 Å². The number of piperazine rings is 1. The Morgan fingerprint density at radius 2 is 1.90 bits per heavy atom.